The van der Waals surface area contributed by atoms with Gasteiger partial charge in [-0.15, -0.1) is 0 Å². The van der Waals surface area contributed by atoms with Gasteiger partial charge in [-0.05, 0) is 37.1 Å². The minimum atomic E-state index is 0.00100. The number of nitriles is 1. The Morgan fingerprint density at radius 1 is 1.35 bits per heavy atom. The van der Waals surface area contributed by atoms with Crippen LogP contribution in [-0.4, -0.2) is 29.9 Å². The Balaban J connectivity index is 2.09. The van der Waals surface area contributed by atoms with Crippen molar-refractivity contribution in [2.24, 2.45) is 5.73 Å². The lowest BCUT2D eigenvalue weighted by Crippen LogP contribution is -2.33. The molecule has 1 fully saturated rings. The third kappa shape index (κ3) is 3.60. The maximum atomic E-state index is 12.4. The summed E-state index contributed by atoms with van der Waals surface area (Å²) >= 11 is 0. The van der Waals surface area contributed by atoms with Crippen molar-refractivity contribution in [1.29, 1.82) is 5.26 Å². The summed E-state index contributed by atoms with van der Waals surface area (Å²) in [6, 6.07) is 9.62. The molecule has 4 heteroatoms. The van der Waals surface area contributed by atoms with E-state index < -0.39 is 0 Å². The molecule has 2 rings (SSSR count). The predicted molar refractivity (Wildman–Crippen MR) is 76.7 cm³/mol. The Labute approximate surface area is 119 Å². The molecule has 1 amide bonds. The van der Waals surface area contributed by atoms with Gasteiger partial charge >= 0.3 is 0 Å². The van der Waals surface area contributed by atoms with Crippen LogP contribution in [0.4, 0.5) is 0 Å². The fourth-order valence-electron chi connectivity index (χ4n) is 2.02. The number of hydrogen-bond acceptors (Lipinski definition) is 3. The largest absolute Gasteiger partial charge is 0.335 e. The highest BCUT2D eigenvalue weighted by Crippen LogP contribution is 2.28. The topological polar surface area (TPSA) is 70.1 Å². The maximum Gasteiger partial charge on any atom is 0.254 e. The Morgan fingerprint density at radius 3 is 2.60 bits per heavy atom. The van der Waals surface area contributed by atoms with Crippen LogP contribution in [0.3, 0.4) is 0 Å². The molecule has 0 unspecified atom stereocenters. The first-order valence-corrected chi connectivity index (χ1v) is 6.73. The van der Waals surface area contributed by atoms with Gasteiger partial charge in [-0.3, -0.25) is 4.79 Å². The molecule has 0 atom stereocenters. The van der Waals surface area contributed by atoms with E-state index in [0.29, 0.717) is 31.1 Å². The van der Waals surface area contributed by atoms with Gasteiger partial charge in [0.05, 0.1) is 19.0 Å². The van der Waals surface area contributed by atoms with Crippen LogP contribution in [0.15, 0.2) is 24.3 Å². The van der Waals surface area contributed by atoms with Crippen molar-refractivity contribution in [1.82, 2.24) is 4.90 Å². The Morgan fingerprint density at radius 2 is 2.05 bits per heavy atom. The first kappa shape index (κ1) is 14.1. The lowest BCUT2D eigenvalue weighted by Gasteiger charge is -2.21. The molecule has 1 aliphatic rings. The number of nitrogens with two attached hydrogens (primary N) is 1. The zero-order chi connectivity index (χ0) is 14.4. The lowest BCUT2D eigenvalue weighted by atomic mass is 10.1. The molecule has 0 saturated heterocycles. The average Bonchev–Trinajstić information content (AvgIpc) is 3.30. The second-order valence-electron chi connectivity index (χ2n) is 4.72. The normalized spacial score (nSPS) is 13.0. The quantitative estimate of drug-likeness (QED) is 0.841. The van der Waals surface area contributed by atoms with Gasteiger partial charge in [0.2, 0.25) is 0 Å². The number of benzene rings is 1. The van der Waals surface area contributed by atoms with Crippen molar-refractivity contribution in [3.63, 3.8) is 0 Å². The van der Waals surface area contributed by atoms with E-state index in [1.54, 1.807) is 12.1 Å². The maximum absolute atomic E-state index is 12.4. The third-order valence-electron chi connectivity index (χ3n) is 3.18. The van der Waals surface area contributed by atoms with E-state index in [9.17, 15) is 4.79 Å². The van der Waals surface area contributed by atoms with E-state index in [2.05, 4.69) is 17.9 Å². The van der Waals surface area contributed by atoms with E-state index in [-0.39, 0.29) is 5.91 Å². The summed E-state index contributed by atoms with van der Waals surface area (Å²) in [7, 11) is 0. The van der Waals surface area contributed by atoms with Crippen molar-refractivity contribution in [2.45, 2.75) is 25.3 Å². The van der Waals surface area contributed by atoms with Crippen LogP contribution in [0.25, 0.3) is 0 Å². The van der Waals surface area contributed by atoms with E-state index >= 15 is 0 Å². The summed E-state index contributed by atoms with van der Waals surface area (Å²) in [6.07, 6.45) is 2.46. The SMILES string of the molecule is N#CCCN(C(=O)c1ccc(C#CCN)cc1)C1CC1. The molecule has 1 saturated carbocycles. The van der Waals surface area contributed by atoms with Gasteiger partial charge in [-0.25, -0.2) is 0 Å². The number of carbonyl (C=O) groups is 1. The molecule has 0 bridgehead atoms. The van der Waals surface area contributed by atoms with E-state index in [1.807, 2.05) is 17.0 Å². The highest BCUT2D eigenvalue weighted by Gasteiger charge is 2.32. The van der Waals surface area contributed by atoms with Crippen molar-refractivity contribution >= 4 is 5.91 Å². The summed E-state index contributed by atoms with van der Waals surface area (Å²) in [6.45, 7) is 0.832. The van der Waals surface area contributed by atoms with E-state index in [1.165, 1.54) is 0 Å². The van der Waals surface area contributed by atoms with Crippen LogP contribution >= 0.6 is 0 Å². The summed E-state index contributed by atoms with van der Waals surface area (Å²) in [5.41, 5.74) is 6.82. The Kier molecular flexibility index (Phi) is 4.76. The van der Waals surface area contributed by atoms with Crippen molar-refractivity contribution in [2.75, 3.05) is 13.1 Å². The molecule has 0 heterocycles. The molecule has 1 aromatic rings. The average molecular weight is 267 g/mol. The molecule has 0 radical (unpaired) electrons. The second-order valence-corrected chi connectivity index (χ2v) is 4.72. The minimum absolute atomic E-state index is 0.00100. The third-order valence-corrected chi connectivity index (χ3v) is 3.18. The summed E-state index contributed by atoms with van der Waals surface area (Å²) in [5, 5.41) is 8.68. The molecule has 102 valence electrons. The highest BCUT2D eigenvalue weighted by molar-refractivity contribution is 5.94. The van der Waals surface area contributed by atoms with Crippen LogP contribution in [0.5, 0.6) is 0 Å². The highest BCUT2D eigenvalue weighted by atomic mass is 16.2. The molecule has 0 aromatic heterocycles. The van der Waals surface area contributed by atoms with Gasteiger partial charge in [-0.2, -0.15) is 5.26 Å². The van der Waals surface area contributed by atoms with Crippen molar-refractivity contribution in [3.05, 3.63) is 35.4 Å². The zero-order valence-electron chi connectivity index (χ0n) is 11.3. The van der Waals surface area contributed by atoms with Crippen LogP contribution in [0.2, 0.25) is 0 Å². The van der Waals surface area contributed by atoms with E-state index in [4.69, 9.17) is 11.0 Å². The van der Waals surface area contributed by atoms with Crippen LogP contribution in [0.1, 0.15) is 35.2 Å². The molecular weight excluding hydrogens is 250 g/mol. The second kappa shape index (κ2) is 6.75. The fraction of sp³-hybridized carbons (Fsp3) is 0.375. The smallest absolute Gasteiger partial charge is 0.254 e. The van der Waals surface area contributed by atoms with E-state index in [0.717, 1.165) is 18.4 Å². The van der Waals surface area contributed by atoms with Crippen LogP contribution in [0, 0.1) is 23.2 Å². The molecule has 1 aliphatic carbocycles. The first-order chi connectivity index (χ1) is 9.76. The summed E-state index contributed by atoms with van der Waals surface area (Å²) in [5.74, 6) is 5.71. The molecular formula is C16H17N3O. The molecule has 1 aromatic carbocycles. The molecule has 0 aliphatic heterocycles. The zero-order valence-corrected chi connectivity index (χ0v) is 11.3. The molecule has 0 spiro atoms. The molecule has 4 nitrogen and oxygen atoms in total. The Bertz CT molecular complexity index is 570. The number of nitrogens with zero attached hydrogens (tertiary/aromatic N) is 2. The summed E-state index contributed by atoms with van der Waals surface area (Å²) < 4.78 is 0. The standard InChI is InChI=1S/C16H17N3O/c17-10-1-3-13-4-6-14(7-5-13)16(20)19(12-2-11-18)15-8-9-15/h4-7,15H,2,8-10,12,17H2. The molecule has 2 N–H and O–H groups in total. The van der Waals surface area contributed by atoms with Gasteiger partial charge in [0.15, 0.2) is 0 Å². The number of carbonyl (C=O) groups excluding carboxylic acids is 1. The summed E-state index contributed by atoms with van der Waals surface area (Å²) in [4.78, 5) is 14.2. The van der Waals surface area contributed by atoms with Crippen LogP contribution < -0.4 is 5.73 Å². The monoisotopic (exact) mass is 267 g/mol. The van der Waals surface area contributed by atoms with Crippen molar-refractivity contribution < 1.29 is 4.79 Å². The van der Waals surface area contributed by atoms with Gasteiger partial charge in [-0.1, -0.05) is 11.8 Å². The van der Waals surface area contributed by atoms with Gasteiger partial charge in [0, 0.05) is 23.7 Å². The van der Waals surface area contributed by atoms with Gasteiger partial charge < -0.3 is 10.6 Å². The lowest BCUT2D eigenvalue weighted by molar-refractivity contribution is 0.0747. The number of rotatable bonds is 4. The number of amides is 1. The van der Waals surface area contributed by atoms with Gasteiger partial charge in [0.25, 0.3) is 5.91 Å². The fourth-order valence-corrected chi connectivity index (χ4v) is 2.02. The Hall–Kier alpha value is -2.30. The predicted octanol–water partition coefficient (Wildman–Crippen LogP) is 1.52. The van der Waals surface area contributed by atoms with Gasteiger partial charge in [0.1, 0.15) is 0 Å². The first-order valence-electron chi connectivity index (χ1n) is 6.73. The number of hydrogen-bond donors (Lipinski definition) is 1. The minimum Gasteiger partial charge on any atom is -0.335 e. The molecule has 20 heavy (non-hydrogen) atoms. The van der Waals surface area contributed by atoms with Crippen LogP contribution in [-0.2, 0) is 0 Å². The van der Waals surface area contributed by atoms with Crippen molar-refractivity contribution in [3.8, 4) is 17.9 Å².